The molecule has 38 heavy (non-hydrogen) atoms. The van der Waals surface area contributed by atoms with Crippen LogP contribution in [0.3, 0.4) is 0 Å². The first-order chi connectivity index (χ1) is 18.4. The van der Waals surface area contributed by atoms with E-state index in [1.54, 1.807) is 22.9 Å². The van der Waals surface area contributed by atoms with Crippen LogP contribution >= 0.6 is 34.8 Å². The van der Waals surface area contributed by atoms with Crippen LogP contribution in [0, 0.1) is 5.92 Å². The Kier molecular flexibility index (Phi) is 8.67. The Morgan fingerprint density at radius 1 is 1.00 bits per heavy atom. The molecule has 1 saturated carbocycles. The standard InChI is InChI=1S/C30H32Cl3N3O2/c1-19(21-7-3-2-4-8-21)34-30(37)38-29-25-10-6-5-9-22(17-20-11-13-23(31)14-12-20)28(25)36(35-29)27-18-24(32)15-16-26(27)33/h11-19,21H,2-10H2,1H3,(H,34,37)/b22-17+/t19-/m0/s1. The minimum absolute atomic E-state index is 0.0474. The third-order valence-corrected chi connectivity index (χ3v) is 8.42. The molecule has 0 radical (unpaired) electrons. The second-order valence-corrected chi connectivity index (χ2v) is 11.6. The van der Waals surface area contributed by atoms with Gasteiger partial charge in [0.1, 0.15) is 0 Å². The summed E-state index contributed by atoms with van der Waals surface area (Å²) < 4.78 is 7.70. The number of hydrogen-bond acceptors (Lipinski definition) is 3. The van der Waals surface area contributed by atoms with Crippen molar-refractivity contribution in [2.45, 2.75) is 70.8 Å². The van der Waals surface area contributed by atoms with Crippen LogP contribution in [-0.4, -0.2) is 21.9 Å². The third kappa shape index (κ3) is 6.22. The average molecular weight is 573 g/mol. The zero-order valence-electron chi connectivity index (χ0n) is 21.5. The molecule has 1 fully saturated rings. The molecule has 0 aliphatic heterocycles. The number of nitrogens with one attached hydrogen (secondary N) is 1. The zero-order chi connectivity index (χ0) is 26.6. The number of allylic oxidation sites excluding steroid dienone is 1. The Hall–Kier alpha value is -2.47. The number of ether oxygens (including phenoxy) is 1. The quantitative estimate of drug-likeness (QED) is 0.310. The van der Waals surface area contributed by atoms with Gasteiger partial charge in [-0.1, -0.05) is 66.2 Å². The van der Waals surface area contributed by atoms with Crippen LogP contribution in [0.15, 0.2) is 42.5 Å². The van der Waals surface area contributed by atoms with Crippen molar-refractivity contribution in [3.63, 3.8) is 0 Å². The number of carbonyl (C=O) groups excluding carboxylic acids is 1. The van der Waals surface area contributed by atoms with Gasteiger partial charge >= 0.3 is 6.09 Å². The van der Waals surface area contributed by atoms with Gasteiger partial charge in [0, 0.05) is 21.7 Å². The molecule has 2 aliphatic carbocycles. The maximum absolute atomic E-state index is 13.1. The molecule has 3 aromatic rings. The summed E-state index contributed by atoms with van der Waals surface area (Å²) in [6, 6.07) is 13.1. The molecule has 0 spiro atoms. The normalized spacial score (nSPS) is 18.1. The van der Waals surface area contributed by atoms with Gasteiger partial charge in [0.2, 0.25) is 5.88 Å². The molecule has 1 atom stereocenters. The Morgan fingerprint density at radius 2 is 1.71 bits per heavy atom. The van der Waals surface area contributed by atoms with Crippen molar-refractivity contribution in [3.05, 3.63) is 74.4 Å². The van der Waals surface area contributed by atoms with Gasteiger partial charge in [-0.3, -0.25) is 0 Å². The molecule has 2 aromatic carbocycles. The number of aromatic nitrogens is 2. The van der Waals surface area contributed by atoms with Gasteiger partial charge in [-0.25, -0.2) is 9.48 Å². The highest BCUT2D eigenvalue weighted by Crippen LogP contribution is 2.39. The molecule has 1 heterocycles. The van der Waals surface area contributed by atoms with Crippen LogP contribution in [-0.2, 0) is 6.42 Å². The molecule has 0 unspecified atom stereocenters. The van der Waals surface area contributed by atoms with Gasteiger partial charge in [0.25, 0.3) is 0 Å². The first kappa shape index (κ1) is 27.1. The van der Waals surface area contributed by atoms with Crippen LogP contribution in [0.4, 0.5) is 4.79 Å². The minimum Gasteiger partial charge on any atom is -0.389 e. The summed E-state index contributed by atoms with van der Waals surface area (Å²) >= 11 is 19.1. The molecule has 0 bridgehead atoms. The van der Waals surface area contributed by atoms with Crippen LogP contribution in [0.2, 0.25) is 15.1 Å². The van der Waals surface area contributed by atoms with Crippen molar-refractivity contribution < 1.29 is 9.53 Å². The highest BCUT2D eigenvalue weighted by Gasteiger charge is 2.28. The lowest BCUT2D eigenvalue weighted by Gasteiger charge is -2.27. The number of hydrogen-bond donors (Lipinski definition) is 1. The first-order valence-corrected chi connectivity index (χ1v) is 14.5. The number of nitrogens with zero attached hydrogens (tertiary/aromatic N) is 2. The molecular formula is C30H32Cl3N3O2. The lowest BCUT2D eigenvalue weighted by Crippen LogP contribution is -2.40. The Labute approximate surface area is 239 Å². The van der Waals surface area contributed by atoms with Gasteiger partial charge in [0.15, 0.2) is 0 Å². The van der Waals surface area contributed by atoms with Gasteiger partial charge in [-0.2, -0.15) is 0 Å². The number of halogens is 3. The van der Waals surface area contributed by atoms with Crippen LogP contribution in [0.5, 0.6) is 5.88 Å². The van der Waals surface area contributed by atoms with E-state index in [4.69, 9.17) is 44.6 Å². The van der Waals surface area contributed by atoms with E-state index < -0.39 is 6.09 Å². The van der Waals surface area contributed by atoms with E-state index >= 15 is 0 Å². The fraction of sp³-hybridized carbons (Fsp3) is 0.400. The van der Waals surface area contributed by atoms with Crippen LogP contribution in [0.25, 0.3) is 17.3 Å². The smallest absolute Gasteiger partial charge is 0.389 e. The predicted octanol–water partition coefficient (Wildman–Crippen LogP) is 9.16. The highest BCUT2D eigenvalue weighted by molar-refractivity contribution is 6.34. The number of amides is 1. The van der Waals surface area contributed by atoms with E-state index in [0.717, 1.165) is 60.9 Å². The molecule has 200 valence electrons. The summed E-state index contributed by atoms with van der Waals surface area (Å²) in [5, 5.41) is 9.61. The lowest BCUT2D eigenvalue weighted by atomic mass is 9.85. The van der Waals surface area contributed by atoms with Gasteiger partial charge in [0.05, 0.1) is 16.4 Å². The van der Waals surface area contributed by atoms with Crippen LogP contribution < -0.4 is 10.1 Å². The average Bonchev–Trinajstić information content (AvgIpc) is 3.12. The van der Waals surface area contributed by atoms with E-state index in [0.29, 0.717) is 32.6 Å². The van der Waals surface area contributed by atoms with E-state index in [9.17, 15) is 4.79 Å². The fourth-order valence-corrected chi connectivity index (χ4v) is 6.07. The maximum Gasteiger partial charge on any atom is 0.414 e. The number of rotatable bonds is 5. The monoisotopic (exact) mass is 571 g/mol. The summed E-state index contributed by atoms with van der Waals surface area (Å²) in [5.74, 6) is 0.790. The molecule has 2 aliphatic rings. The number of fused-ring (bicyclic) bond motifs is 1. The Balaban J connectivity index is 1.54. The van der Waals surface area contributed by atoms with Crippen molar-refractivity contribution in [2.24, 2.45) is 5.92 Å². The number of benzene rings is 2. The Bertz CT molecular complexity index is 1330. The maximum atomic E-state index is 13.1. The van der Waals surface area contributed by atoms with Gasteiger partial charge in [-0.05, 0) is 98.9 Å². The van der Waals surface area contributed by atoms with Crippen molar-refractivity contribution in [3.8, 4) is 11.6 Å². The van der Waals surface area contributed by atoms with E-state index in [2.05, 4.69) is 18.3 Å². The SMILES string of the molecule is C[C@H](NC(=O)Oc1nn(-c2cc(Cl)ccc2Cl)c2c1CCCC/C2=C\c1ccc(Cl)cc1)C1CCCCC1. The molecule has 5 nitrogen and oxygen atoms in total. The summed E-state index contributed by atoms with van der Waals surface area (Å²) in [6.45, 7) is 2.06. The topological polar surface area (TPSA) is 56.1 Å². The lowest BCUT2D eigenvalue weighted by molar-refractivity contribution is 0.184. The molecule has 1 aromatic heterocycles. The van der Waals surface area contributed by atoms with Crippen molar-refractivity contribution in [2.75, 3.05) is 0 Å². The zero-order valence-corrected chi connectivity index (χ0v) is 23.8. The summed E-state index contributed by atoms with van der Waals surface area (Å²) in [6.07, 6.45) is 11.2. The fourth-order valence-electron chi connectivity index (χ4n) is 5.58. The molecule has 0 saturated heterocycles. The predicted molar refractivity (Wildman–Crippen MR) is 156 cm³/mol. The molecular weight excluding hydrogens is 541 g/mol. The van der Waals surface area contributed by atoms with Crippen molar-refractivity contribution >= 4 is 52.5 Å². The van der Waals surface area contributed by atoms with Crippen LogP contribution in [0.1, 0.15) is 75.1 Å². The minimum atomic E-state index is -0.472. The van der Waals surface area contributed by atoms with E-state index in [1.165, 1.54) is 19.3 Å². The van der Waals surface area contributed by atoms with Crippen molar-refractivity contribution in [1.29, 1.82) is 0 Å². The molecule has 1 amide bonds. The van der Waals surface area contributed by atoms with Gasteiger partial charge < -0.3 is 10.1 Å². The van der Waals surface area contributed by atoms with Gasteiger partial charge in [-0.15, -0.1) is 5.10 Å². The second-order valence-electron chi connectivity index (χ2n) is 10.3. The second kappa shape index (κ2) is 12.1. The number of carbonyl (C=O) groups is 1. The van der Waals surface area contributed by atoms with E-state index in [-0.39, 0.29) is 6.04 Å². The highest BCUT2D eigenvalue weighted by atomic mass is 35.5. The first-order valence-electron chi connectivity index (χ1n) is 13.4. The molecule has 8 heteroatoms. The van der Waals surface area contributed by atoms with Crippen molar-refractivity contribution in [1.82, 2.24) is 15.1 Å². The largest absolute Gasteiger partial charge is 0.414 e. The third-order valence-electron chi connectivity index (χ3n) is 7.61. The molecule has 5 rings (SSSR count). The Morgan fingerprint density at radius 3 is 2.47 bits per heavy atom. The molecule has 1 N–H and O–H groups in total. The van der Waals surface area contributed by atoms with E-state index in [1.807, 2.05) is 24.3 Å². The summed E-state index contributed by atoms with van der Waals surface area (Å²) in [5.41, 5.74) is 4.56. The summed E-state index contributed by atoms with van der Waals surface area (Å²) in [7, 11) is 0. The summed E-state index contributed by atoms with van der Waals surface area (Å²) in [4.78, 5) is 13.1.